The summed E-state index contributed by atoms with van der Waals surface area (Å²) in [5, 5.41) is 52.5. The number of ketones is 1. The summed E-state index contributed by atoms with van der Waals surface area (Å²) in [4.78, 5) is 21.7. The third kappa shape index (κ3) is 2.02. The number of aromatic nitrogens is 4. The molecule has 0 radical (unpaired) electrons. The van der Waals surface area contributed by atoms with Gasteiger partial charge in [-0.05, 0) is 11.4 Å². The van der Waals surface area contributed by atoms with Gasteiger partial charge in [0.2, 0.25) is 17.7 Å². The fraction of sp³-hybridized carbons (Fsp3) is 0.0714. The van der Waals surface area contributed by atoms with E-state index in [1.54, 1.807) is 17.5 Å². The molecule has 4 N–H and O–H groups in total. The summed E-state index contributed by atoms with van der Waals surface area (Å²) in [6.45, 7) is 0. The predicted molar refractivity (Wildman–Crippen MR) is 93.6 cm³/mol. The van der Waals surface area contributed by atoms with Crippen molar-refractivity contribution in [3.63, 3.8) is 0 Å². The highest BCUT2D eigenvalue weighted by atomic mass is 32.1. The van der Waals surface area contributed by atoms with Crippen LogP contribution in [0.2, 0.25) is 0 Å². The van der Waals surface area contributed by atoms with Gasteiger partial charge in [0.15, 0.2) is 5.78 Å². The van der Waals surface area contributed by atoms with E-state index >= 15 is 0 Å². The molecule has 14 heteroatoms. The van der Waals surface area contributed by atoms with Crippen LogP contribution in [0, 0.1) is 10.8 Å². The summed E-state index contributed by atoms with van der Waals surface area (Å²) < 4.78 is 2.07. The third-order valence-electron chi connectivity index (χ3n) is 4.18. The molecule has 0 amide bonds. The number of azo groups is 2. The fourth-order valence-electron chi connectivity index (χ4n) is 2.98. The number of aromatic hydroxyl groups is 2. The standard InChI is InChI=1S/C14H8N10O3S/c15-12-20-19-9-10(26)18-8(23(9)12)5(7(25)4-2-1-3-28-4)6-11(27)24-13(16)21-22-14(24)17-6/h1-3,5,15-16,26-27H/t5-/m1/s1. The van der Waals surface area contributed by atoms with Gasteiger partial charge in [-0.25, -0.2) is 14.1 Å². The van der Waals surface area contributed by atoms with E-state index in [1.165, 1.54) is 11.3 Å². The number of imidazole rings is 2. The molecule has 3 aromatic rings. The van der Waals surface area contributed by atoms with Crippen molar-refractivity contribution in [1.82, 2.24) is 19.1 Å². The smallest absolute Gasteiger partial charge is 0.259 e. The van der Waals surface area contributed by atoms with Crippen LogP contribution >= 0.6 is 11.3 Å². The maximum Gasteiger partial charge on any atom is 0.259 e. The molecule has 0 fully saturated rings. The minimum Gasteiger partial charge on any atom is -0.493 e. The summed E-state index contributed by atoms with van der Waals surface area (Å²) in [6.07, 6.45) is 0. The van der Waals surface area contributed by atoms with E-state index < -0.39 is 23.5 Å². The van der Waals surface area contributed by atoms with Crippen LogP contribution in [0.4, 0.5) is 11.8 Å². The van der Waals surface area contributed by atoms with Gasteiger partial charge in [-0.3, -0.25) is 15.6 Å². The van der Waals surface area contributed by atoms with Gasteiger partial charge in [0, 0.05) is 0 Å². The molecule has 5 rings (SSSR count). The van der Waals surface area contributed by atoms with Crippen molar-refractivity contribution in [2.75, 3.05) is 0 Å². The SMILES string of the molecule is N=C1N=Nc2nc([C@H](C(=O)c3cccs3)c3nc(O)c4n3C(=N)N=N4)c(O)n21. The lowest BCUT2D eigenvalue weighted by molar-refractivity contribution is 0.0972. The normalized spacial score (nSPS) is 15.3. The first-order valence-corrected chi connectivity index (χ1v) is 8.57. The van der Waals surface area contributed by atoms with E-state index in [4.69, 9.17) is 10.8 Å². The summed E-state index contributed by atoms with van der Waals surface area (Å²) in [6, 6.07) is 3.28. The quantitative estimate of drug-likeness (QED) is 0.491. The lowest BCUT2D eigenvalue weighted by atomic mass is 9.98. The van der Waals surface area contributed by atoms with Crippen LogP contribution in [0.25, 0.3) is 0 Å². The van der Waals surface area contributed by atoms with Crippen molar-refractivity contribution >= 4 is 40.8 Å². The van der Waals surface area contributed by atoms with Gasteiger partial charge in [-0.15, -0.1) is 31.8 Å². The molecule has 138 valence electrons. The first-order valence-electron chi connectivity index (χ1n) is 7.69. The summed E-state index contributed by atoms with van der Waals surface area (Å²) >= 11 is 1.18. The summed E-state index contributed by atoms with van der Waals surface area (Å²) in [7, 11) is 0. The zero-order valence-corrected chi connectivity index (χ0v) is 14.4. The summed E-state index contributed by atoms with van der Waals surface area (Å²) in [5.41, 5.74) is -0.135. The Morgan fingerprint density at radius 3 is 2.54 bits per heavy atom. The van der Waals surface area contributed by atoms with Gasteiger partial charge in [0.05, 0.1) is 4.88 Å². The number of thiophene rings is 1. The molecule has 0 saturated carbocycles. The minimum absolute atomic E-state index is 0.0663. The van der Waals surface area contributed by atoms with Gasteiger partial charge in [0.25, 0.3) is 17.8 Å². The maximum atomic E-state index is 13.3. The van der Waals surface area contributed by atoms with Crippen LogP contribution in [0.1, 0.15) is 27.1 Å². The molecule has 0 unspecified atom stereocenters. The molecule has 28 heavy (non-hydrogen) atoms. The Morgan fingerprint density at radius 2 is 1.82 bits per heavy atom. The van der Waals surface area contributed by atoms with E-state index in [-0.39, 0.29) is 35.2 Å². The highest BCUT2D eigenvalue weighted by molar-refractivity contribution is 7.12. The lowest BCUT2D eigenvalue weighted by Gasteiger charge is -2.13. The topological polar surface area (TPSA) is 190 Å². The molecule has 3 aromatic heterocycles. The Morgan fingerprint density at radius 1 is 1.07 bits per heavy atom. The number of Topliss-reactive ketones (excluding diaryl/α,β-unsaturated/α-hetero) is 1. The second-order valence-electron chi connectivity index (χ2n) is 5.73. The molecule has 0 saturated heterocycles. The van der Waals surface area contributed by atoms with E-state index in [2.05, 4.69) is 30.4 Å². The number of nitrogens with one attached hydrogen (secondary N) is 2. The molecule has 1 atom stereocenters. The number of fused-ring (bicyclic) bond motifs is 2. The molecule has 0 spiro atoms. The van der Waals surface area contributed by atoms with Gasteiger partial charge in [0.1, 0.15) is 17.4 Å². The third-order valence-corrected chi connectivity index (χ3v) is 5.06. The van der Waals surface area contributed by atoms with Crippen LogP contribution in [-0.2, 0) is 0 Å². The van der Waals surface area contributed by atoms with Gasteiger partial charge < -0.3 is 10.2 Å². The summed E-state index contributed by atoms with van der Waals surface area (Å²) in [5.74, 6) is -3.74. The van der Waals surface area contributed by atoms with E-state index in [1.807, 2.05) is 0 Å². The number of nitrogens with zero attached hydrogens (tertiary/aromatic N) is 8. The second kappa shape index (κ2) is 5.46. The van der Waals surface area contributed by atoms with E-state index in [0.29, 0.717) is 4.88 Å². The molecule has 0 aromatic carbocycles. The first-order chi connectivity index (χ1) is 13.5. The minimum atomic E-state index is -1.30. The fourth-order valence-corrected chi connectivity index (χ4v) is 3.68. The second-order valence-corrected chi connectivity index (χ2v) is 6.68. The van der Waals surface area contributed by atoms with Gasteiger partial charge in [-0.2, -0.15) is 4.98 Å². The Balaban J connectivity index is 1.75. The molecule has 2 aliphatic rings. The average molecular weight is 396 g/mol. The Bertz CT molecular complexity index is 1250. The maximum absolute atomic E-state index is 13.3. The zero-order valence-electron chi connectivity index (χ0n) is 13.6. The van der Waals surface area contributed by atoms with Crippen molar-refractivity contribution in [1.29, 1.82) is 10.8 Å². The van der Waals surface area contributed by atoms with Crippen LogP contribution in [0.15, 0.2) is 38.0 Å². The number of carbonyl (C=O) groups excluding carboxylic acids is 1. The van der Waals surface area contributed by atoms with Gasteiger partial charge in [-0.1, -0.05) is 6.07 Å². The predicted octanol–water partition coefficient (Wildman–Crippen LogP) is 2.33. The number of rotatable bonds is 4. The van der Waals surface area contributed by atoms with Crippen molar-refractivity contribution < 1.29 is 15.0 Å². The van der Waals surface area contributed by atoms with E-state index in [9.17, 15) is 15.0 Å². The molecular weight excluding hydrogens is 388 g/mol. The van der Waals surface area contributed by atoms with Crippen molar-refractivity contribution in [2.45, 2.75) is 5.92 Å². The van der Waals surface area contributed by atoms with E-state index in [0.717, 1.165) is 9.13 Å². The van der Waals surface area contributed by atoms with Crippen molar-refractivity contribution in [3.8, 4) is 11.8 Å². The average Bonchev–Trinajstić information content (AvgIpc) is 3.45. The van der Waals surface area contributed by atoms with Crippen LogP contribution < -0.4 is 0 Å². The Labute approximate surface area is 158 Å². The highest BCUT2D eigenvalue weighted by Gasteiger charge is 2.40. The monoisotopic (exact) mass is 396 g/mol. The lowest BCUT2D eigenvalue weighted by Crippen LogP contribution is -2.21. The largest absolute Gasteiger partial charge is 0.493 e. The number of hydrogen-bond acceptors (Lipinski definition) is 10. The highest BCUT2D eigenvalue weighted by Crippen LogP contribution is 2.42. The zero-order chi connectivity index (χ0) is 19.6. The van der Waals surface area contributed by atoms with Crippen LogP contribution in [0.5, 0.6) is 11.8 Å². The Hall–Kier alpha value is -4.07. The molecule has 2 aliphatic heterocycles. The Kier molecular flexibility index (Phi) is 3.15. The molecule has 13 nitrogen and oxygen atoms in total. The first kappa shape index (κ1) is 16.1. The number of carbonyl (C=O) groups is 1. The molecule has 5 heterocycles. The molecular formula is C14H8N10O3S. The number of hydrogen-bond donors (Lipinski definition) is 4. The van der Waals surface area contributed by atoms with Crippen LogP contribution in [0.3, 0.4) is 0 Å². The van der Waals surface area contributed by atoms with Crippen molar-refractivity contribution in [3.05, 3.63) is 33.9 Å². The van der Waals surface area contributed by atoms with Gasteiger partial charge >= 0.3 is 0 Å². The molecule has 0 aliphatic carbocycles. The molecule has 0 bridgehead atoms. The van der Waals surface area contributed by atoms with Crippen molar-refractivity contribution in [2.24, 2.45) is 20.5 Å². The van der Waals surface area contributed by atoms with Crippen LogP contribution in [-0.4, -0.2) is 47.0 Å².